The van der Waals surface area contributed by atoms with E-state index >= 15 is 0 Å². The van der Waals surface area contributed by atoms with Gasteiger partial charge in [-0.15, -0.1) is 10.2 Å². The minimum Gasteiger partial charge on any atom is -0.355 e. The molecule has 0 atom stereocenters. The number of hydrogen-bond acceptors (Lipinski definition) is 4. The van der Waals surface area contributed by atoms with Crippen LogP contribution in [-0.4, -0.2) is 27.5 Å². The van der Waals surface area contributed by atoms with Gasteiger partial charge in [0.15, 0.2) is 11.6 Å². The van der Waals surface area contributed by atoms with Gasteiger partial charge in [-0.2, -0.15) is 31.6 Å². The molecule has 0 amide bonds. The maximum Gasteiger partial charge on any atom is 0.417 e. The van der Waals surface area contributed by atoms with Gasteiger partial charge in [0.1, 0.15) is 12.4 Å². The lowest BCUT2D eigenvalue weighted by molar-refractivity contribution is -0.137. The van der Waals surface area contributed by atoms with Crippen LogP contribution in [-0.2, 0) is 19.3 Å². The summed E-state index contributed by atoms with van der Waals surface area (Å²) in [5.41, 5.74) is -0.293. The predicted octanol–water partition coefficient (Wildman–Crippen LogP) is 6.90. The standard InChI is InChI=1S/C27H20F7N5/c1-17-3-2-4-18(11-17)14-39-24(36-37-25(39)19-5-8-21(28)9-6-19)15-38(16-26(29,30)31)22-10-7-20(13-35)23(12-22)27(32,33)34/h2-12H,14-16H2,1H3. The van der Waals surface area contributed by atoms with E-state index in [9.17, 15) is 30.7 Å². The second-order valence-electron chi connectivity index (χ2n) is 8.83. The number of aromatic nitrogens is 3. The van der Waals surface area contributed by atoms with Crippen molar-refractivity contribution in [3.8, 4) is 17.5 Å². The maximum absolute atomic E-state index is 13.6. The second kappa shape index (κ2) is 10.8. The van der Waals surface area contributed by atoms with Gasteiger partial charge in [-0.1, -0.05) is 29.8 Å². The van der Waals surface area contributed by atoms with E-state index in [4.69, 9.17) is 5.26 Å². The van der Waals surface area contributed by atoms with Crippen LogP contribution in [0.4, 0.5) is 36.4 Å². The molecule has 3 aromatic carbocycles. The molecule has 0 bridgehead atoms. The van der Waals surface area contributed by atoms with Crippen LogP contribution in [0.1, 0.15) is 28.1 Å². The molecular weight excluding hydrogens is 527 g/mol. The van der Waals surface area contributed by atoms with Crippen molar-refractivity contribution >= 4 is 5.69 Å². The highest BCUT2D eigenvalue weighted by Crippen LogP contribution is 2.35. The van der Waals surface area contributed by atoms with Crippen molar-refractivity contribution in [2.75, 3.05) is 11.4 Å². The number of rotatable bonds is 7. The number of aryl methyl sites for hydroxylation is 1. The molecule has 1 heterocycles. The third-order valence-corrected chi connectivity index (χ3v) is 5.85. The molecule has 0 aliphatic rings. The summed E-state index contributed by atoms with van der Waals surface area (Å²) >= 11 is 0. The van der Waals surface area contributed by atoms with E-state index in [1.807, 2.05) is 19.1 Å². The molecular formula is C27H20F7N5. The Morgan fingerprint density at radius 1 is 0.923 bits per heavy atom. The third-order valence-electron chi connectivity index (χ3n) is 5.85. The number of anilines is 1. The van der Waals surface area contributed by atoms with E-state index in [1.54, 1.807) is 16.7 Å². The van der Waals surface area contributed by atoms with Gasteiger partial charge in [-0.25, -0.2) is 4.39 Å². The Balaban J connectivity index is 1.81. The molecule has 0 saturated carbocycles. The SMILES string of the molecule is Cc1cccc(Cn2c(CN(CC(F)(F)F)c3ccc(C#N)c(C(F)(F)F)c3)nnc2-c2ccc(F)cc2)c1. The summed E-state index contributed by atoms with van der Waals surface area (Å²) in [6.45, 7) is -0.133. The zero-order chi connectivity index (χ0) is 28.4. The van der Waals surface area contributed by atoms with E-state index in [-0.39, 0.29) is 18.2 Å². The molecule has 1 aromatic heterocycles. The first kappa shape index (κ1) is 27.6. The molecule has 0 radical (unpaired) electrons. The van der Waals surface area contributed by atoms with Gasteiger partial charge in [-0.05, 0) is 55.0 Å². The third kappa shape index (κ3) is 6.73. The van der Waals surface area contributed by atoms with Gasteiger partial charge in [0.25, 0.3) is 0 Å². The molecule has 0 N–H and O–H groups in total. The van der Waals surface area contributed by atoms with E-state index in [0.717, 1.165) is 23.3 Å². The zero-order valence-corrected chi connectivity index (χ0v) is 20.4. The average molecular weight is 547 g/mol. The van der Waals surface area contributed by atoms with Crippen molar-refractivity contribution in [2.45, 2.75) is 32.4 Å². The normalized spacial score (nSPS) is 11.9. The summed E-state index contributed by atoms with van der Waals surface area (Å²) in [6, 6.07) is 16.4. The molecule has 0 aliphatic heterocycles. The minimum atomic E-state index is -4.95. The van der Waals surface area contributed by atoms with Crippen LogP contribution < -0.4 is 4.90 Å². The summed E-state index contributed by atoms with van der Waals surface area (Å²) in [5, 5.41) is 17.3. The molecule has 0 aliphatic carbocycles. The van der Waals surface area contributed by atoms with Gasteiger partial charge in [0.2, 0.25) is 0 Å². The number of alkyl halides is 6. The molecule has 0 spiro atoms. The Morgan fingerprint density at radius 3 is 2.26 bits per heavy atom. The summed E-state index contributed by atoms with van der Waals surface area (Å²) in [5.74, 6) is -0.214. The zero-order valence-electron chi connectivity index (χ0n) is 20.4. The van der Waals surface area contributed by atoms with Crippen LogP contribution in [0.15, 0.2) is 66.7 Å². The van der Waals surface area contributed by atoms with Gasteiger partial charge in [0, 0.05) is 11.3 Å². The number of halogens is 7. The molecule has 0 saturated heterocycles. The first-order valence-corrected chi connectivity index (χ1v) is 11.5. The highest BCUT2D eigenvalue weighted by atomic mass is 19.4. The second-order valence-corrected chi connectivity index (χ2v) is 8.83. The summed E-state index contributed by atoms with van der Waals surface area (Å²) in [4.78, 5) is 0.696. The van der Waals surface area contributed by atoms with Crippen LogP contribution in [0.2, 0.25) is 0 Å². The lowest BCUT2D eigenvalue weighted by Gasteiger charge is -2.27. The van der Waals surface area contributed by atoms with E-state index in [1.165, 1.54) is 30.3 Å². The monoisotopic (exact) mass is 547 g/mol. The Bertz CT molecular complexity index is 1500. The molecule has 4 aromatic rings. The number of hydrogen-bond donors (Lipinski definition) is 0. The van der Waals surface area contributed by atoms with Crippen LogP contribution in [0, 0.1) is 24.1 Å². The molecule has 0 unspecified atom stereocenters. The first-order valence-electron chi connectivity index (χ1n) is 11.5. The quantitative estimate of drug-likeness (QED) is 0.236. The summed E-state index contributed by atoms with van der Waals surface area (Å²) < 4.78 is 96.5. The summed E-state index contributed by atoms with van der Waals surface area (Å²) in [6.07, 6.45) is -9.72. The fraction of sp³-hybridized carbons (Fsp3) is 0.222. The van der Waals surface area contributed by atoms with Gasteiger partial charge in [-0.3, -0.25) is 0 Å². The molecule has 4 rings (SSSR count). The Labute approximate surface area is 218 Å². The van der Waals surface area contributed by atoms with Gasteiger partial charge in [0.05, 0.1) is 30.3 Å². The van der Waals surface area contributed by atoms with Crippen molar-refractivity contribution in [2.24, 2.45) is 0 Å². The first-order chi connectivity index (χ1) is 18.3. The lowest BCUT2D eigenvalue weighted by Crippen LogP contribution is -2.35. The number of benzene rings is 3. The molecule has 12 heteroatoms. The molecule has 202 valence electrons. The van der Waals surface area contributed by atoms with Crippen LogP contribution in [0.5, 0.6) is 0 Å². The highest BCUT2D eigenvalue weighted by Gasteiger charge is 2.36. The number of nitriles is 1. The van der Waals surface area contributed by atoms with Crippen molar-refractivity contribution in [1.82, 2.24) is 14.8 Å². The fourth-order valence-corrected chi connectivity index (χ4v) is 4.11. The van der Waals surface area contributed by atoms with Gasteiger partial charge >= 0.3 is 12.4 Å². The van der Waals surface area contributed by atoms with E-state index in [2.05, 4.69) is 10.2 Å². The van der Waals surface area contributed by atoms with E-state index in [0.29, 0.717) is 16.5 Å². The molecule has 0 fully saturated rings. The lowest BCUT2D eigenvalue weighted by atomic mass is 10.1. The predicted molar refractivity (Wildman–Crippen MR) is 129 cm³/mol. The smallest absolute Gasteiger partial charge is 0.355 e. The van der Waals surface area contributed by atoms with Crippen LogP contribution in [0.3, 0.4) is 0 Å². The van der Waals surface area contributed by atoms with Crippen LogP contribution in [0.25, 0.3) is 11.4 Å². The summed E-state index contributed by atoms with van der Waals surface area (Å²) in [7, 11) is 0. The molecule has 39 heavy (non-hydrogen) atoms. The Morgan fingerprint density at radius 2 is 1.64 bits per heavy atom. The van der Waals surface area contributed by atoms with Crippen molar-refractivity contribution in [1.29, 1.82) is 5.26 Å². The van der Waals surface area contributed by atoms with Gasteiger partial charge < -0.3 is 9.47 Å². The topological polar surface area (TPSA) is 57.7 Å². The maximum atomic E-state index is 13.6. The average Bonchev–Trinajstić information content (AvgIpc) is 3.24. The highest BCUT2D eigenvalue weighted by molar-refractivity contribution is 5.57. The largest absolute Gasteiger partial charge is 0.417 e. The van der Waals surface area contributed by atoms with Crippen molar-refractivity contribution in [3.05, 3.63) is 101 Å². The Kier molecular flexibility index (Phi) is 7.63. The van der Waals surface area contributed by atoms with Crippen molar-refractivity contribution in [3.63, 3.8) is 0 Å². The Hall–Kier alpha value is -4.40. The van der Waals surface area contributed by atoms with Crippen LogP contribution >= 0.6 is 0 Å². The fourth-order valence-electron chi connectivity index (χ4n) is 4.11. The van der Waals surface area contributed by atoms with E-state index < -0.39 is 48.1 Å². The molecule has 5 nitrogen and oxygen atoms in total. The van der Waals surface area contributed by atoms with Crippen molar-refractivity contribution < 1.29 is 30.7 Å². The number of nitrogens with zero attached hydrogens (tertiary/aromatic N) is 5. The minimum absolute atomic E-state index is 0.0398.